The molecule has 37 heavy (non-hydrogen) atoms. The molecule has 0 spiro atoms. The van der Waals surface area contributed by atoms with Gasteiger partial charge in [-0.2, -0.15) is 13.2 Å². The Morgan fingerprint density at radius 2 is 1.70 bits per heavy atom. The fourth-order valence-corrected chi connectivity index (χ4v) is 4.03. The van der Waals surface area contributed by atoms with Crippen molar-refractivity contribution >= 4 is 17.6 Å². The van der Waals surface area contributed by atoms with Crippen molar-refractivity contribution in [1.82, 2.24) is 0 Å². The van der Waals surface area contributed by atoms with Gasteiger partial charge in [0.05, 0.1) is 12.0 Å². The lowest BCUT2D eigenvalue weighted by Gasteiger charge is -2.19. The Hall–Kier alpha value is -4.05. The van der Waals surface area contributed by atoms with Gasteiger partial charge in [0.25, 0.3) is 0 Å². The van der Waals surface area contributed by atoms with Crippen LogP contribution in [-0.4, -0.2) is 29.6 Å². The number of rotatable bonds is 9. The molecule has 3 aromatic carbocycles. The molecule has 3 aromatic rings. The van der Waals surface area contributed by atoms with E-state index in [-0.39, 0.29) is 25.4 Å². The Bertz CT molecular complexity index is 1280. The van der Waals surface area contributed by atoms with Crippen LogP contribution in [0.2, 0.25) is 0 Å². The Kier molecular flexibility index (Phi) is 7.68. The fraction of sp³-hybridized carbons (Fsp3) is 0.259. The molecule has 0 bridgehead atoms. The van der Waals surface area contributed by atoms with Crippen LogP contribution in [0, 0.1) is 0 Å². The maximum atomic E-state index is 13.7. The first kappa shape index (κ1) is 26.0. The third-order valence-corrected chi connectivity index (χ3v) is 5.95. The molecule has 3 N–H and O–H groups in total. The van der Waals surface area contributed by atoms with E-state index in [0.717, 1.165) is 17.2 Å². The smallest absolute Gasteiger partial charge is 0.419 e. The van der Waals surface area contributed by atoms with Gasteiger partial charge in [0.1, 0.15) is 30.8 Å². The number of carboxylic acids is 1. The van der Waals surface area contributed by atoms with Crippen LogP contribution >= 0.6 is 0 Å². The number of nitrogens with zero attached hydrogens (tertiary/aromatic N) is 1. The number of hydrogen-bond donors (Lipinski definition) is 2. The molecular weight excluding hydrogens is 489 g/mol. The van der Waals surface area contributed by atoms with E-state index in [1.165, 1.54) is 17.0 Å². The van der Waals surface area contributed by atoms with E-state index < -0.39 is 29.7 Å². The van der Waals surface area contributed by atoms with Crippen LogP contribution < -0.4 is 20.1 Å². The van der Waals surface area contributed by atoms with Crippen molar-refractivity contribution < 1.29 is 37.3 Å². The van der Waals surface area contributed by atoms with Gasteiger partial charge in [-0.25, -0.2) is 0 Å². The zero-order chi connectivity index (χ0) is 26.6. The average molecular weight is 515 g/mol. The second-order valence-corrected chi connectivity index (χ2v) is 8.63. The van der Waals surface area contributed by atoms with Gasteiger partial charge in [0, 0.05) is 12.2 Å². The van der Waals surface area contributed by atoms with Crippen LogP contribution in [0.25, 0.3) is 0 Å². The van der Waals surface area contributed by atoms with Gasteiger partial charge in [0.15, 0.2) is 0 Å². The number of benzene rings is 3. The van der Waals surface area contributed by atoms with E-state index >= 15 is 0 Å². The molecular formula is C27H25F3N2O5. The monoisotopic (exact) mass is 514 g/mol. The normalized spacial score (nSPS) is 13.7. The highest BCUT2D eigenvalue weighted by molar-refractivity contribution is 5.97. The number of nitrogens with two attached hydrogens (primary N) is 1. The highest BCUT2D eigenvalue weighted by Gasteiger charge is 2.35. The molecule has 0 radical (unpaired) electrons. The predicted octanol–water partition coefficient (Wildman–Crippen LogP) is 4.55. The molecule has 0 saturated heterocycles. The van der Waals surface area contributed by atoms with E-state index in [2.05, 4.69) is 0 Å². The molecule has 1 unspecified atom stereocenters. The van der Waals surface area contributed by atoms with Gasteiger partial charge in [-0.1, -0.05) is 36.4 Å². The van der Waals surface area contributed by atoms with Crippen LogP contribution in [0.1, 0.15) is 28.7 Å². The van der Waals surface area contributed by atoms with Crippen molar-refractivity contribution in [1.29, 1.82) is 0 Å². The summed E-state index contributed by atoms with van der Waals surface area (Å²) in [6.07, 6.45) is -4.39. The lowest BCUT2D eigenvalue weighted by atomic mass is 10.1. The first-order chi connectivity index (χ1) is 17.6. The summed E-state index contributed by atoms with van der Waals surface area (Å²) in [5.41, 5.74) is 7.11. The Balaban J connectivity index is 1.42. The number of carbonyl (C=O) groups excluding carboxylic acids is 1. The standard InChI is InChI=1S/C27H25F3N2O5/c28-27(29,30)21-12-18(6-9-24(21)37-15-17-4-2-1-3-5-17)16-36-20-7-8-23-19(13-20)10-11-32(23)25(33)14-22(31)26(34)35/h1-9,12-13,22H,10-11,14-16,31H2,(H,34,35). The van der Waals surface area contributed by atoms with Crippen molar-refractivity contribution in [3.8, 4) is 11.5 Å². The second kappa shape index (κ2) is 10.9. The summed E-state index contributed by atoms with van der Waals surface area (Å²) in [7, 11) is 0. The van der Waals surface area contributed by atoms with Gasteiger partial charge in [0.2, 0.25) is 5.91 Å². The van der Waals surface area contributed by atoms with Crippen LogP contribution in [0.4, 0.5) is 18.9 Å². The van der Waals surface area contributed by atoms with Gasteiger partial charge in [-0.05, 0) is 53.4 Å². The first-order valence-corrected chi connectivity index (χ1v) is 11.5. The van der Waals surface area contributed by atoms with Crippen molar-refractivity contribution in [3.05, 3.63) is 89.0 Å². The Morgan fingerprint density at radius 1 is 0.973 bits per heavy atom. The van der Waals surface area contributed by atoms with Crippen molar-refractivity contribution in [2.24, 2.45) is 5.73 Å². The number of ether oxygens (including phenoxy) is 2. The number of amides is 1. The third kappa shape index (κ3) is 6.39. The number of aliphatic carboxylic acids is 1. The molecule has 0 aromatic heterocycles. The van der Waals surface area contributed by atoms with E-state index in [4.69, 9.17) is 20.3 Å². The minimum atomic E-state index is -4.60. The topological polar surface area (TPSA) is 102 Å². The summed E-state index contributed by atoms with van der Waals surface area (Å²) < 4.78 is 52.3. The highest BCUT2D eigenvalue weighted by atomic mass is 19.4. The summed E-state index contributed by atoms with van der Waals surface area (Å²) in [5, 5.41) is 8.93. The number of hydrogen-bond acceptors (Lipinski definition) is 5. The highest BCUT2D eigenvalue weighted by Crippen LogP contribution is 2.38. The molecule has 0 saturated carbocycles. The van der Waals surface area contributed by atoms with E-state index in [9.17, 15) is 22.8 Å². The van der Waals surface area contributed by atoms with E-state index in [1.54, 1.807) is 42.5 Å². The van der Waals surface area contributed by atoms with Crippen LogP contribution in [0.3, 0.4) is 0 Å². The molecule has 1 amide bonds. The minimum Gasteiger partial charge on any atom is -0.489 e. The number of fused-ring (bicyclic) bond motifs is 1. The molecule has 194 valence electrons. The molecule has 1 aliphatic rings. The summed E-state index contributed by atoms with van der Waals surface area (Å²) in [5.74, 6) is -1.46. The zero-order valence-electron chi connectivity index (χ0n) is 19.7. The average Bonchev–Trinajstić information content (AvgIpc) is 3.30. The molecule has 7 nitrogen and oxygen atoms in total. The maximum absolute atomic E-state index is 13.7. The van der Waals surface area contributed by atoms with Gasteiger partial charge in [-0.3, -0.25) is 9.59 Å². The number of alkyl halides is 3. The second-order valence-electron chi connectivity index (χ2n) is 8.63. The predicted molar refractivity (Wildman–Crippen MR) is 129 cm³/mol. The first-order valence-electron chi connectivity index (χ1n) is 11.5. The summed E-state index contributed by atoms with van der Waals surface area (Å²) in [6.45, 7) is 0.289. The van der Waals surface area contributed by atoms with E-state index in [0.29, 0.717) is 30.0 Å². The third-order valence-electron chi connectivity index (χ3n) is 5.95. The largest absolute Gasteiger partial charge is 0.489 e. The summed E-state index contributed by atoms with van der Waals surface area (Å²) in [4.78, 5) is 24.8. The van der Waals surface area contributed by atoms with Gasteiger partial charge < -0.3 is 25.2 Å². The van der Waals surface area contributed by atoms with Crippen molar-refractivity contribution in [3.63, 3.8) is 0 Å². The molecule has 0 aliphatic carbocycles. The lowest BCUT2D eigenvalue weighted by molar-refractivity contribution is -0.140. The zero-order valence-corrected chi connectivity index (χ0v) is 19.7. The van der Waals surface area contributed by atoms with Gasteiger partial charge >= 0.3 is 12.1 Å². The quantitative estimate of drug-likeness (QED) is 0.434. The fourth-order valence-electron chi connectivity index (χ4n) is 4.03. The van der Waals surface area contributed by atoms with E-state index in [1.807, 2.05) is 6.07 Å². The SMILES string of the molecule is NC(CC(=O)N1CCc2cc(OCc3ccc(OCc4ccccc4)c(C(F)(F)F)c3)ccc21)C(=O)O. The Labute approximate surface area is 211 Å². The summed E-state index contributed by atoms with van der Waals surface area (Å²) >= 11 is 0. The number of halogens is 3. The minimum absolute atomic E-state index is 0.0106. The van der Waals surface area contributed by atoms with Crippen LogP contribution in [0.15, 0.2) is 66.7 Å². The molecule has 1 heterocycles. The van der Waals surface area contributed by atoms with Crippen LogP contribution in [-0.2, 0) is 35.4 Å². The Morgan fingerprint density at radius 3 is 2.41 bits per heavy atom. The molecule has 4 rings (SSSR count). The molecule has 1 aliphatic heterocycles. The lowest BCUT2D eigenvalue weighted by Crippen LogP contribution is -2.38. The number of carbonyl (C=O) groups is 2. The van der Waals surface area contributed by atoms with Crippen molar-refractivity contribution in [2.45, 2.75) is 38.3 Å². The van der Waals surface area contributed by atoms with Crippen LogP contribution in [0.5, 0.6) is 11.5 Å². The molecule has 0 fully saturated rings. The summed E-state index contributed by atoms with van der Waals surface area (Å²) in [6, 6.07) is 16.5. The number of anilines is 1. The molecule has 10 heteroatoms. The van der Waals surface area contributed by atoms with Crippen molar-refractivity contribution in [2.75, 3.05) is 11.4 Å². The number of carboxylic acid groups (broad SMARTS) is 1. The maximum Gasteiger partial charge on any atom is 0.419 e. The molecule has 1 atom stereocenters. The van der Waals surface area contributed by atoms with Gasteiger partial charge in [-0.15, -0.1) is 0 Å².